The van der Waals surface area contributed by atoms with Gasteiger partial charge in [0.2, 0.25) is 0 Å². The van der Waals surface area contributed by atoms with Crippen LogP contribution in [0.1, 0.15) is 6.42 Å². The SMILES string of the molecule is Fc1ccc(Nc2ncnc3cc(OC4CCOC4)c(Br)cc23)cc1Cl. The number of nitrogens with zero attached hydrogens (tertiary/aromatic N) is 2. The summed E-state index contributed by atoms with van der Waals surface area (Å²) in [7, 11) is 0. The van der Waals surface area contributed by atoms with Gasteiger partial charge in [0, 0.05) is 23.6 Å². The van der Waals surface area contributed by atoms with E-state index in [9.17, 15) is 4.39 Å². The lowest BCUT2D eigenvalue weighted by molar-refractivity contribution is 0.141. The number of benzene rings is 2. The van der Waals surface area contributed by atoms with E-state index < -0.39 is 5.82 Å². The molecule has 0 spiro atoms. The summed E-state index contributed by atoms with van der Waals surface area (Å²) in [6.45, 7) is 1.30. The summed E-state index contributed by atoms with van der Waals surface area (Å²) < 4.78 is 25.5. The molecule has 1 atom stereocenters. The number of rotatable bonds is 4. The molecule has 5 nitrogen and oxygen atoms in total. The molecule has 1 fully saturated rings. The summed E-state index contributed by atoms with van der Waals surface area (Å²) in [4.78, 5) is 8.61. The fraction of sp³-hybridized carbons (Fsp3) is 0.222. The van der Waals surface area contributed by atoms with Crippen LogP contribution >= 0.6 is 27.5 Å². The van der Waals surface area contributed by atoms with Crippen molar-refractivity contribution in [2.24, 2.45) is 0 Å². The lowest BCUT2D eigenvalue weighted by atomic mass is 10.2. The van der Waals surface area contributed by atoms with Crippen LogP contribution in [-0.2, 0) is 4.74 Å². The van der Waals surface area contributed by atoms with Crippen molar-refractivity contribution in [1.82, 2.24) is 9.97 Å². The van der Waals surface area contributed by atoms with E-state index in [1.807, 2.05) is 12.1 Å². The zero-order valence-electron chi connectivity index (χ0n) is 13.5. The third-order valence-corrected chi connectivity index (χ3v) is 4.96. The molecule has 3 aromatic rings. The van der Waals surface area contributed by atoms with Crippen LogP contribution < -0.4 is 10.1 Å². The second-order valence-electron chi connectivity index (χ2n) is 5.88. The van der Waals surface area contributed by atoms with Crippen LogP contribution in [0.15, 0.2) is 41.1 Å². The van der Waals surface area contributed by atoms with Gasteiger partial charge in [-0.15, -0.1) is 0 Å². The van der Waals surface area contributed by atoms with Crippen molar-refractivity contribution < 1.29 is 13.9 Å². The van der Waals surface area contributed by atoms with Gasteiger partial charge >= 0.3 is 0 Å². The molecule has 0 amide bonds. The lowest BCUT2D eigenvalue weighted by Gasteiger charge is -2.15. The van der Waals surface area contributed by atoms with E-state index in [0.29, 0.717) is 30.5 Å². The van der Waals surface area contributed by atoms with Gasteiger partial charge in [-0.05, 0) is 40.2 Å². The molecule has 2 heterocycles. The molecule has 0 bridgehead atoms. The molecule has 26 heavy (non-hydrogen) atoms. The molecule has 2 aromatic carbocycles. The first kappa shape index (κ1) is 17.5. The summed E-state index contributed by atoms with van der Waals surface area (Å²) in [6, 6.07) is 8.18. The van der Waals surface area contributed by atoms with Gasteiger partial charge < -0.3 is 14.8 Å². The van der Waals surface area contributed by atoms with Crippen LogP contribution in [0, 0.1) is 5.82 Å². The first-order chi connectivity index (χ1) is 12.6. The fourth-order valence-corrected chi connectivity index (χ4v) is 3.36. The molecule has 1 aliphatic heterocycles. The second-order valence-corrected chi connectivity index (χ2v) is 7.14. The minimum absolute atomic E-state index is 0.0454. The molecular weight excluding hydrogens is 425 g/mol. The van der Waals surface area contributed by atoms with Gasteiger partial charge in [0.05, 0.1) is 28.2 Å². The summed E-state index contributed by atoms with van der Waals surface area (Å²) >= 11 is 9.39. The molecule has 1 aromatic heterocycles. The smallest absolute Gasteiger partial charge is 0.141 e. The van der Waals surface area contributed by atoms with Crippen molar-refractivity contribution >= 4 is 49.9 Å². The average molecular weight is 439 g/mol. The number of ether oxygens (including phenoxy) is 2. The third kappa shape index (κ3) is 3.60. The number of anilines is 2. The van der Waals surface area contributed by atoms with Gasteiger partial charge in [-0.1, -0.05) is 11.6 Å². The van der Waals surface area contributed by atoms with Crippen LogP contribution in [0.5, 0.6) is 5.75 Å². The van der Waals surface area contributed by atoms with Crippen molar-refractivity contribution in [3.8, 4) is 5.75 Å². The summed E-state index contributed by atoms with van der Waals surface area (Å²) in [5, 5.41) is 4.00. The quantitative estimate of drug-likeness (QED) is 0.614. The van der Waals surface area contributed by atoms with E-state index >= 15 is 0 Å². The number of aromatic nitrogens is 2. The molecule has 0 saturated carbocycles. The Morgan fingerprint density at radius 2 is 2.15 bits per heavy atom. The first-order valence-corrected chi connectivity index (χ1v) is 9.18. The lowest BCUT2D eigenvalue weighted by Crippen LogP contribution is -2.16. The molecule has 0 aliphatic carbocycles. The second kappa shape index (κ2) is 7.34. The molecule has 8 heteroatoms. The Balaban J connectivity index is 1.67. The molecule has 0 radical (unpaired) electrons. The van der Waals surface area contributed by atoms with Gasteiger partial charge in [0.15, 0.2) is 0 Å². The molecule has 1 saturated heterocycles. The van der Waals surface area contributed by atoms with Gasteiger partial charge in [0.1, 0.15) is 29.8 Å². The topological polar surface area (TPSA) is 56.3 Å². The van der Waals surface area contributed by atoms with Crippen molar-refractivity contribution in [2.45, 2.75) is 12.5 Å². The highest BCUT2D eigenvalue weighted by molar-refractivity contribution is 9.10. The average Bonchev–Trinajstić information content (AvgIpc) is 3.13. The van der Waals surface area contributed by atoms with Gasteiger partial charge in [-0.25, -0.2) is 14.4 Å². The third-order valence-electron chi connectivity index (χ3n) is 4.05. The summed E-state index contributed by atoms with van der Waals surface area (Å²) in [5.74, 6) is 0.835. The Morgan fingerprint density at radius 3 is 2.92 bits per heavy atom. The monoisotopic (exact) mass is 437 g/mol. The van der Waals surface area contributed by atoms with Crippen LogP contribution in [-0.4, -0.2) is 29.3 Å². The fourth-order valence-electron chi connectivity index (χ4n) is 2.74. The van der Waals surface area contributed by atoms with E-state index in [0.717, 1.165) is 21.8 Å². The number of fused-ring (bicyclic) bond motifs is 1. The zero-order chi connectivity index (χ0) is 18.1. The Hall–Kier alpha value is -1.96. The number of hydrogen-bond acceptors (Lipinski definition) is 5. The summed E-state index contributed by atoms with van der Waals surface area (Å²) in [6.07, 6.45) is 2.38. The van der Waals surface area contributed by atoms with Crippen molar-refractivity contribution in [3.63, 3.8) is 0 Å². The number of halogens is 3. The Kier molecular flexibility index (Phi) is 4.93. The highest BCUT2D eigenvalue weighted by Gasteiger charge is 2.19. The van der Waals surface area contributed by atoms with Gasteiger partial charge in [-0.2, -0.15) is 0 Å². The summed E-state index contributed by atoms with van der Waals surface area (Å²) in [5.41, 5.74) is 1.36. The molecule has 1 N–H and O–H groups in total. The molecule has 4 rings (SSSR count). The van der Waals surface area contributed by atoms with E-state index in [1.165, 1.54) is 18.5 Å². The maximum Gasteiger partial charge on any atom is 0.141 e. The van der Waals surface area contributed by atoms with Crippen LogP contribution in [0.25, 0.3) is 10.9 Å². The Labute approximate surface area is 162 Å². The van der Waals surface area contributed by atoms with Crippen molar-refractivity contribution in [2.75, 3.05) is 18.5 Å². The van der Waals surface area contributed by atoms with Gasteiger partial charge in [0.25, 0.3) is 0 Å². The standard InChI is InChI=1S/C18H14BrClFN3O2/c19-13-6-12-16(7-17(13)26-11-3-4-25-8-11)22-9-23-18(12)24-10-1-2-15(21)14(20)5-10/h1-2,5-7,9,11H,3-4,8H2,(H,22,23,24). The van der Waals surface area contributed by atoms with Gasteiger partial charge in [-0.3, -0.25) is 0 Å². The predicted octanol–water partition coefficient (Wildman–Crippen LogP) is 5.10. The maximum atomic E-state index is 13.3. The molecule has 134 valence electrons. The van der Waals surface area contributed by atoms with Crippen molar-refractivity contribution in [1.29, 1.82) is 0 Å². The zero-order valence-corrected chi connectivity index (χ0v) is 15.8. The first-order valence-electron chi connectivity index (χ1n) is 8.01. The highest BCUT2D eigenvalue weighted by Crippen LogP contribution is 2.34. The largest absolute Gasteiger partial charge is 0.487 e. The molecule has 1 aliphatic rings. The normalized spacial score (nSPS) is 16.8. The highest BCUT2D eigenvalue weighted by atomic mass is 79.9. The van der Waals surface area contributed by atoms with E-state index in [2.05, 4.69) is 31.2 Å². The molecular formula is C18H14BrClFN3O2. The van der Waals surface area contributed by atoms with Crippen LogP contribution in [0.2, 0.25) is 5.02 Å². The molecule has 1 unspecified atom stereocenters. The Morgan fingerprint density at radius 1 is 1.27 bits per heavy atom. The van der Waals surface area contributed by atoms with E-state index in [1.54, 1.807) is 6.07 Å². The van der Waals surface area contributed by atoms with E-state index in [-0.39, 0.29) is 11.1 Å². The predicted molar refractivity (Wildman–Crippen MR) is 102 cm³/mol. The van der Waals surface area contributed by atoms with Crippen molar-refractivity contribution in [3.05, 3.63) is 52.0 Å². The number of hydrogen-bond donors (Lipinski definition) is 1. The minimum Gasteiger partial charge on any atom is -0.487 e. The Bertz CT molecular complexity index is 967. The van der Waals surface area contributed by atoms with Crippen LogP contribution in [0.4, 0.5) is 15.9 Å². The minimum atomic E-state index is -0.467. The van der Waals surface area contributed by atoms with Crippen LogP contribution in [0.3, 0.4) is 0 Å². The van der Waals surface area contributed by atoms with E-state index in [4.69, 9.17) is 21.1 Å². The number of nitrogens with one attached hydrogen (secondary N) is 1. The maximum absolute atomic E-state index is 13.3.